The number of hydrogen-bond acceptors (Lipinski definition) is 5. The van der Waals surface area contributed by atoms with Crippen LogP contribution in [0.25, 0.3) is 0 Å². The zero-order valence-electron chi connectivity index (χ0n) is 12.1. The van der Waals surface area contributed by atoms with Gasteiger partial charge in [-0.2, -0.15) is 0 Å². The molecule has 5 heteroatoms. The van der Waals surface area contributed by atoms with Crippen LogP contribution in [0.5, 0.6) is 5.88 Å². The minimum absolute atomic E-state index is 0.119. The quantitative estimate of drug-likeness (QED) is 0.857. The maximum Gasteiger partial charge on any atom is 0.343 e. The molecular formula is C15H22N2O3. The molecule has 5 nitrogen and oxygen atoms in total. The number of esters is 1. The average Bonchev–Trinajstić information content (AvgIpc) is 2.48. The van der Waals surface area contributed by atoms with Crippen LogP contribution in [0.15, 0.2) is 12.3 Å². The first kappa shape index (κ1) is 14.6. The molecule has 0 spiro atoms. The molecular weight excluding hydrogens is 256 g/mol. The van der Waals surface area contributed by atoms with Crippen LogP contribution in [0, 0.1) is 5.92 Å². The second-order valence-electron chi connectivity index (χ2n) is 5.22. The van der Waals surface area contributed by atoms with Gasteiger partial charge < -0.3 is 15.2 Å². The van der Waals surface area contributed by atoms with Crippen LogP contribution >= 0.6 is 0 Å². The van der Waals surface area contributed by atoms with Crippen molar-refractivity contribution in [3.8, 4) is 5.88 Å². The lowest BCUT2D eigenvalue weighted by Crippen LogP contribution is -2.30. The van der Waals surface area contributed by atoms with E-state index in [1.807, 2.05) is 0 Å². The average molecular weight is 278 g/mol. The second-order valence-corrected chi connectivity index (χ2v) is 5.22. The fourth-order valence-electron chi connectivity index (χ4n) is 2.76. The van der Waals surface area contributed by atoms with Crippen LogP contribution in [-0.2, 0) is 4.74 Å². The highest BCUT2D eigenvalue weighted by molar-refractivity contribution is 5.92. The van der Waals surface area contributed by atoms with E-state index < -0.39 is 5.97 Å². The van der Waals surface area contributed by atoms with E-state index in [1.165, 1.54) is 26.1 Å². The smallest absolute Gasteiger partial charge is 0.343 e. The number of pyridine rings is 1. The van der Waals surface area contributed by atoms with Crippen molar-refractivity contribution in [1.29, 1.82) is 0 Å². The topological polar surface area (TPSA) is 74.4 Å². The number of nitrogens with zero attached hydrogens (tertiary/aromatic N) is 1. The first-order chi connectivity index (χ1) is 9.65. The Kier molecular flexibility index (Phi) is 4.82. The number of nitrogens with two attached hydrogens (primary N) is 1. The van der Waals surface area contributed by atoms with Gasteiger partial charge in [0.15, 0.2) is 0 Å². The molecule has 1 heterocycles. The van der Waals surface area contributed by atoms with Gasteiger partial charge >= 0.3 is 5.97 Å². The number of anilines is 1. The van der Waals surface area contributed by atoms with Crippen LogP contribution in [0.3, 0.4) is 0 Å². The highest BCUT2D eigenvalue weighted by Gasteiger charge is 2.27. The van der Waals surface area contributed by atoms with Gasteiger partial charge in [0.1, 0.15) is 11.7 Å². The van der Waals surface area contributed by atoms with Crippen LogP contribution < -0.4 is 10.5 Å². The van der Waals surface area contributed by atoms with Gasteiger partial charge in [0.25, 0.3) is 0 Å². The van der Waals surface area contributed by atoms with Gasteiger partial charge in [-0.25, -0.2) is 9.78 Å². The van der Waals surface area contributed by atoms with Crippen molar-refractivity contribution < 1.29 is 14.3 Å². The molecule has 1 aliphatic rings. The summed E-state index contributed by atoms with van der Waals surface area (Å²) in [7, 11) is 1.34. The summed E-state index contributed by atoms with van der Waals surface area (Å²) in [5.41, 5.74) is 6.40. The van der Waals surface area contributed by atoms with Gasteiger partial charge in [-0.05, 0) is 37.7 Å². The summed E-state index contributed by atoms with van der Waals surface area (Å²) in [6.45, 7) is 2.17. The van der Waals surface area contributed by atoms with Crippen molar-refractivity contribution in [3.05, 3.63) is 17.8 Å². The normalized spacial score (nSPS) is 22.3. The number of carbonyl (C=O) groups excluding carboxylic acids is 1. The van der Waals surface area contributed by atoms with Crippen molar-refractivity contribution in [2.24, 2.45) is 5.92 Å². The zero-order valence-corrected chi connectivity index (χ0v) is 12.1. The third-order valence-corrected chi connectivity index (χ3v) is 3.90. The number of aromatic nitrogens is 1. The Balaban J connectivity index is 2.21. The third kappa shape index (κ3) is 3.21. The fraction of sp³-hybridized carbons (Fsp3) is 0.600. The Morgan fingerprint density at radius 3 is 2.90 bits per heavy atom. The molecule has 1 saturated carbocycles. The maximum absolute atomic E-state index is 11.8. The van der Waals surface area contributed by atoms with Crippen molar-refractivity contribution in [3.63, 3.8) is 0 Å². The molecule has 2 N–H and O–H groups in total. The summed E-state index contributed by atoms with van der Waals surface area (Å²) in [5.74, 6) is 0.383. The van der Waals surface area contributed by atoms with Gasteiger partial charge in [-0.3, -0.25) is 0 Å². The van der Waals surface area contributed by atoms with E-state index in [0.717, 1.165) is 19.3 Å². The van der Waals surface area contributed by atoms with Crippen molar-refractivity contribution in [2.75, 3.05) is 12.8 Å². The molecule has 1 aromatic rings. The lowest BCUT2D eigenvalue weighted by atomic mass is 9.85. The van der Waals surface area contributed by atoms with Crippen LogP contribution in [0.4, 0.5) is 5.69 Å². The lowest BCUT2D eigenvalue weighted by Gasteiger charge is -2.31. The largest absolute Gasteiger partial charge is 0.473 e. The molecule has 0 aromatic carbocycles. The van der Waals surface area contributed by atoms with E-state index in [9.17, 15) is 4.79 Å². The molecule has 1 aliphatic carbocycles. The Labute approximate surface area is 119 Å². The number of carbonyl (C=O) groups is 1. The van der Waals surface area contributed by atoms with Gasteiger partial charge in [-0.1, -0.05) is 13.3 Å². The number of nitrogen functional groups attached to an aromatic ring is 1. The summed E-state index contributed by atoms with van der Waals surface area (Å²) >= 11 is 0. The van der Waals surface area contributed by atoms with Gasteiger partial charge in [0, 0.05) is 0 Å². The number of ether oxygens (including phenoxy) is 2. The van der Waals surface area contributed by atoms with E-state index in [0.29, 0.717) is 23.0 Å². The summed E-state index contributed by atoms with van der Waals surface area (Å²) < 4.78 is 10.8. The van der Waals surface area contributed by atoms with Crippen LogP contribution in [-0.4, -0.2) is 24.2 Å². The Morgan fingerprint density at radius 2 is 2.20 bits per heavy atom. The monoisotopic (exact) mass is 278 g/mol. The van der Waals surface area contributed by atoms with E-state index in [2.05, 4.69) is 11.9 Å². The van der Waals surface area contributed by atoms with Crippen LogP contribution in [0.1, 0.15) is 49.4 Å². The van der Waals surface area contributed by atoms with Crippen molar-refractivity contribution in [1.82, 2.24) is 4.98 Å². The molecule has 2 rings (SSSR count). The number of hydrogen-bond donors (Lipinski definition) is 1. The van der Waals surface area contributed by atoms with Crippen molar-refractivity contribution in [2.45, 2.75) is 45.1 Å². The minimum atomic E-state index is -0.469. The summed E-state index contributed by atoms with van der Waals surface area (Å²) in [4.78, 5) is 15.9. The van der Waals surface area contributed by atoms with Gasteiger partial charge in [-0.15, -0.1) is 0 Å². The zero-order chi connectivity index (χ0) is 14.5. The SMILES string of the molecule is CCC1CCCCC1Oc1ncc(N)cc1C(=O)OC. The fourth-order valence-corrected chi connectivity index (χ4v) is 2.76. The molecule has 110 valence electrons. The van der Waals surface area contributed by atoms with Gasteiger partial charge in [0.05, 0.1) is 19.0 Å². The molecule has 2 atom stereocenters. The molecule has 0 saturated heterocycles. The lowest BCUT2D eigenvalue weighted by molar-refractivity contribution is 0.0569. The number of rotatable bonds is 4. The van der Waals surface area contributed by atoms with E-state index in [-0.39, 0.29) is 6.10 Å². The highest BCUT2D eigenvalue weighted by atomic mass is 16.5. The first-order valence-corrected chi connectivity index (χ1v) is 7.16. The second kappa shape index (κ2) is 6.59. The van der Waals surface area contributed by atoms with Crippen molar-refractivity contribution >= 4 is 11.7 Å². The molecule has 1 aromatic heterocycles. The van der Waals surface area contributed by atoms with E-state index in [4.69, 9.17) is 15.2 Å². The first-order valence-electron chi connectivity index (χ1n) is 7.16. The standard InChI is InChI=1S/C15H22N2O3/c1-3-10-6-4-5-7-13(10)20-14-12(15(18)19-2)8-11(16)9-17-14/h8-10,13H,3-7,16H2,1-2H3. The molecule has 0 amide bonds. The van der Waals surface area contributed by atoms with E-state index >= 15 is 0 Å². The van der Waals surface area contributed by atoms with Gasteiger partial charge in [0.2, 0.25) is 5.88 Å². The molecule has 0 radical (unpaired) electrons. The van der Waals surface area contributed by atoms with Crippen LogP contribution in [0.2, 0.25) is 0 Å². The molecule has 0 bridgehead atoms. The Bertz CT molecular complexity index is 476. The molecule has 0 aliphatic heterocycles. The molecule has 2 unspecified atom stereocenters. The predicted molar refractivity (Wildman–Crippen MR) is 76.7 cm³/mol. The Morgan fingerprint density at radius 1 is 1.45 bits per heavy atom. The Hall–Kier alpha value is -1.78. The third-order valence-electron chi connectivity index (χ3n) is 3.90. The summed E-state index contributed by atoms with van der Waals surface area (Å²) in [6, 6.07) is 1.55. The highest BCUT2D eigenvalue weighted by Crippen LogP contribution is 2.31. The molecule has 1 fully saturated rings. The predicted octanol–water partition coefficient (Wildman–Crippen LogP) is 2.80. The molecule has 20 heavy (non-hydrogen) atoms. The minimum Gasteiger partial charge on any atom is -0.473 e. The summed E-state index contributed by atoms with van der Waals surface area (Å²) in [5, 5.41) is 0. The summed E-state index contributed by atoms with van der Waals surface area (Å²) in [6.07, 6.45) is 7.28. The maximum atomic E-state index is 11.8. The number of methoxy groups -OCH3 is 1. The van der Waals surface area contributed by atoms with E-state index in [1.54, 1.807) is 6.07 Å².